The molecule has 0 aromatic rings. The number of carbonyl (C=O) groups excluding carboxylic acids is 1. The van der Waals surface area contributed by atoms with Crippen LogP contribution in [0.4, 0.5) is 0 Å². The summed E-state index contributed by atoms with van der Waals surface area (Å²) in [6, 6.07) is 0. The maximum absolute atomic E-state index is 10.5. The Hall–Kier alpha value is -0.440. The number of hydrogen-bond donors (Lipinski definition) is 1. The summed E-state index contributed by atoms with van der Waals surface area (Å²) in [6.45, 7) is 3.82. The second kappa shape index (κ2) is 8.65. The predicted octanol–water partition coefficient (Wildman–Crippen LogP) is 2.21. The number of unbranched alkanes of at least 4 members (excludes halogenated alkanes) is 3. The maximum atomic E-state index is 10.5. The lowest BCUT2D eigenvalue weighted by atomic mass is 10.2. The highest BCUT2D eigenvalue weighted by Gasteiger charge is 1.94. The van der Waals surface area contributed by atoms with Gasteiger partial charge in [-0.1, -0.05) is 19.4 Å². The van der Waals surface area contributed by atoms with E-state index in [1.54, 1.807) is 0 Å². The van der Waals surface area contributed by atoms with Crippen molar-refractivity contribution < 1.29 is 9.53 Å². The summed E-state index contributed by atoms with van der Waals surface area (Å²) in [6.07, 6.45) is 5.53. The number of thiol groups is 1. The molecule has 0 rings (SSSR count). The van der Waals surface area contributed by atoms with Crippen molar-refractivity contribution in [2.24, 2.45) is 0 Å². The van der Waals surface area contributed by atoms with Crippen molar-refractivity contribution in [2.45, 2.75) is 25.7 Å². The summed E-state index contributed by atoms with van der Waals surface area (Å²) in [5.74, 6) is 0.608. The number of hydrogen-bond acceptors (Lipinski definition) is 3. The molecule has 3 heteroatoms. The smallest absolute Gasteiger partial charge is 0.330 e. The molecule has 0 saturated carbocycles. The van der Waals surface area contributed by atoms with Gasteiger partial charge in [-0.25, -0.2) is 4.79 Å². The van der Waals surface area contributed by atoms with Crippen LogP contribution in [-0.4, -0.2) is 18.3 Å². The average molecular weight is 188 g/mol. The van der Waals surface area contributed by atoms with Gasteiger partial charge < -0.3 is 4.74 Å². The maximum Gasteiger partial charge on any atom is 0.330 e. The van der Waals surface area contributed by atoms with Crippen molar-refractivity contribution >= 4 is 18.6 Å². The van der Waals surface area contributed by atoms with Crippen LogP contribution in [0.1, 0.15) is 25.7 Å². The van der Waals surface area contributed by atoms with Crippen LogP contribution >= 0.6 is 12.6 Å². The minimum absolute atomic E-state index is 0.329. The standard InChI is InChI=1S/C9H16O2S/c1-2-9(10)11-7-5-3-4-6-8-12/h2,12H,1,3-8H2. The highest BCUT2D eigenvalue weighted by molar-refractivity contribution is 7.80. The Labute approximate surface area is 79.4 Å². The third kappa shape index (κ3) is 7.66. The molecule has 0 heterocycles. The molecule has 0 atom stereocenters. The van der Waals surface area contributed by atoms with Crippen molar-refractivity contribution in [3.8, 4) is 0 Å². The van der Waals surface area contributed by atoms with Gasteiger partial charge >= 0.3 is 5.97 Å². The van der Waals surface area contributed by atoms with Gasteiger partial charge in [-0.15, -0.1) is 0 Å². The van der Waals surface area contributed by atoms with Crippen LogP contribution in [0.15, 0.2) is 12.7 Å². The average Bonchev–Trinajstić information content (AvgIpc) is 2.10. The lowest BCUT2D eigenvalue weighted by Crippen LogP contribution is -2.01. The van der Waals surface area contributed by atoms with E-state index >= 15 is 0 Å². The van der Waals surface area contributed by atoms with Gasteiger partial charge in [0.15, 0.2) is 0 Å². The molecule has 70 valence electrons. The van der Waals surface area contributed by atoms with Crippen molar-refractivity contribution in [3.05, 3.63) is 12.7 Å². The monoisotopic (exact) mass is 188 g/mol. The van der Waals surface area contributed by atoms with E-state index in [1.807, 2.05) is 0 Å². The minimum atomic E-state index is -0.329. The third-order valence-corrected chi connectivity index (χ3v) is 1.78. The Morgan fingerprint density at radius 1 is 1.33 bits per heavy atom. The van der Waals surface area contributed by atoms with Crippen molar-refractivity contribution in [1.82, 2.24) is 0 Å². The molecule has 0 amide bonds. The highest BCUT2D eigenvalue weighted by Crippen LogP contribution is 2.00. The lowest BCUT2D eigenvalue weighted by molar-refractivity contribution is -0.137. The van der Waals surface area contributed by atoms with Crippen molar-refractivity contribution in [2.75, 3.05) is 12.4 Å². The van der Waals surface area contributed by atoms with E-state index in [-0.39, 0.29) is 5.97 Å². The quantitative estimate of drug-likeness (QED) is 0.287. The van der Waals surface area contributed by atoms with Crippen LogP contribution in [-0.2, 0) is 9.53 Å². The molecule has 0 aliphatic carbocycles. The Morgan fingerprint density at radius 3 is 2.58 bits per heavy atom. The molecule has 2 nitrogen and oxygen atoms in total. The first-order chi connectivity index (χ1) is 5.81. The largest absolute Gasteiger partial charge is 0.463 e. The van der Waals surface area contributed by atoms with Gasteiger partial charge in [0.05, 0.1) is 6.61 Å². The van der Waals surface area contributed by atoms with Gasteiger partial charge in [0.25, 0.3) is 0 Å². The second-order valence-corrected chi connectivity index (χ2v) is 2.96. The number of esters is 1. The molecular weight excluding hydrogens is 172 g/mol. The molecule has 0 bridgehead atoms. The summed E-state index contributed by atoms with van der Waals surface area (Å²) in [5, 5.41) is 0. The zero-order chi connectivity index (χ0) is 9.23. The molecule has 0 aromatic carbocycles. The summed E-state index contributed by atoms with van der Waals surface area (Å²) in [4.78, 5) is 10.5. The minimum Gasteiger partial charge on any atom is -0.463 e. The van der Waals surface area contributed by atoms with Crippen molar-refractivity contribution in [1.29, 1.82) is 0 Å². The van der Waals surface area contributed by atoms with Gasteiger partial charge in [-0.3, -0.25) is 0 Å². The van der Waals surface area contributed by atoms with E-state index in [2.05, 4.69) is 19.2 Å². The fourth-order valence-electron chi connectivity index (χ4n) is 0.799. The molecule has 0 radical (unpaired) electrons. The van der Waals surface area contributed by atoms with E-state index in [4.69, 9.17) is 4.74 Å². The van der Waals surface area contributed by atoms with E-state index in [1.165, 1.54) is 6.08 Å². The lowest BCUT2D eigenvalue weighted by Gasteiger charge is -2.00. The summed E-state index contributed by atoms with van der Waals surface area (Å²) in [5.41, 5.74) is 0. The van der Waals surface area contributed by atoms with Gasteiger partial charge in [0.2, 0.25) is 0 Å². The third-order valence-electron chi connectivity index (χ3n) is 1.46. The Kier molecular flexibility index (Phi) is 8.34. The molecular formula is C9H16O2S. The molecule has 0 unspecified atom stereocenters. The Bertz CT molecular complexity index is 134. The Morgan fingerprint density at radius 2 is 2.00 bits per heavy atom. The molecule has 0 aliphatic heterocycles. The first kappa shape index (κ1) is 11.6. The molecule has 12 heavy (non-hydrogen) atoms. The fraction of sp³-hybridized carbons (Fsp3) is 0.667. The van der Waals surface area contributed by atoms with E-state index in [0.29, 0.717) is 6.61 Å². The topological polar surface area (TPSA) is 26.3 Å². The summed E-state index contributed by atoms with van der Waals surface area (Å²) in [7, 11) is 0. The van der Waals surface area contributed by atoms with E-state index in [9.17, 15) is 4.79 Å². The first-order valence-corrected chi connectivity index (χ1v) is 4.84. The van der Waals surface area contributed by atoms with Crippen LogP contribution in [0.25, 0.3) is 0 Å². The SMILES string of the molecule is C=CC(=O)OCCCCCCS. The van der Waals surface area contributed by atoms with Gasteiger partial charge in [0, 0.05) is 6.08 Å². The van der Waals surface area contributed by atoms with Crippen LogP contribution in [0.2, 0.25) is 0 Å². The highest BCUT2D eigenvalue weighted by atomic mass is 32.1. The van der Waals surface area contributed by atoms with Gasteiger partial charge in [-0.2, -0.15) is 12.6 Å². The number of rotatable bonds is 7. The number of carbonyl (C=O) groups is 1. The molecule has 0 N–H and O–H groups in total. The zero-order valence-corrected chi connectivity index (χ0v) is 8.19. The molecule has 0 aromatic heterocycles. The van der Waals surface area contributed by atoms with Gasteiger partial charge in [-0.05, 0) is 18.6 Å². The molecule has 0 spiro atoms. The van der Waals surface area contributed by atoms with Crippen molar-refractivity contribution in [3.63, 3.8) is 0 Å². The first-order valence-electron chi connectivity index (χ1n) is 4.21. The van der Waals surface area contributed by atoms with E-state index < -0.39 is 0 Å². The zero-order valence-electron chi connectivity index (χ0n) is 7.29. The number of ether oxygens (including phenoxy) is 1. The van der Waals surface area contributed by atoms with Crippen LogP contribution < -0.4 is 0 Å². The van der Waals surface area contributed by atoms with E-state index in [0.717, 1.165) is 31.4 Å². The van der Waals surface area contributed by atoms with Crippen LogP contribution in [0.5, 0.6) is 0 Å². The van der Waals surface area contributed by atoms with Crippen LogP contribution in [0, 0.1) is 0 Å². The molecule has 0 saturated heterocycles. The summed E-state index contributed by atoms with van der Waals surface area (Å²) < 4.78 is 4.80. The Balaban J connectivity index is 3.00. The fourth-order valence-corrected chi connectivity index (χ4v) is 1.02. The second-order valence-electron chi connectivity index (χ2n) is 2.51. The summed E-state index contributed by atoms with van der Waals surface area (Å²) >= 11 is 4.09. The predicted molar refractivity (Wildman–Crippen MR) is 53.5 cm³/mol. The molecule has 0 aliphatic rings. The molecule has 0 fully saturated rings. The van der Waals surface area contributed by atoms with Gasteiger partial charge in [0.1, 0.15) is 0 Å². The van der Waals surface area contributed by atoms with Crippen LogP contribution in [0.3, 0.4) is 0 Å². The normalized spacial score (nSPS) is 9.42.